The lowest BCUT2D eigenvalue weighted by atomic mass is 9.99. The fraction of sp³-hybridized carbons (Fsp3) is 0.0769. The molecule has 0 bridgehead atoms. The molecule has 0 unspecified atom stereocenters. The van der Waals surface area contributed by atoms with Gasteiger partial charge in [0.05, 0.1) is 0 Å². The van der Waals surface area contributed by atoms with E-state index < -0.39 is 0 Å². The van der Waals surface area contributed by atoms with Gasteiger partial charge >= 0.3 is 0 Å². The molecular formula is C52H48N2. The number of rotatable bonds is 9. The van der Waals surface area contributed by atoms with Gasteiger partial charge in [0.15, 0.2) is 0 Å². The molecule has 0 atom stereocenters. The van der Waals surface area contributed by atoms with Crippen molar-refractivity contribution < 1.29 is 0 Å². The molecule has 7 aromatic carbocycles. The Morgan fingerprint density at radius 3 is 1.39 bits per heavy atom. The van der Waals surface area contributed by atoms with Crippen molar-refractivity contribution in [1.82, 2.24) is 0 Å². The van der Waals surface area contributed by atoms with Crippen LogP contribution in [0.5, 0.6) is 0 Å². The van der Waals surface area contributed by atoms with Crippen LogP contribution in [-0.2, 0) is 0 Å². The Kier molecular flexibility index (Phi) is 12.9. The monoisotopic (exact) mass is 700 g/mol. The molecule has 7 rings (SSSR count). The van der Waals surface area contributed by atoms with Crippen molar-refractivity contribution in [3.8, 4) is 22.3 Å². The van der Waals surface area contributed by atoms with Crippen LogP contribution in [0.4, 0.5) is 28.4 Å². The highest BCUT2D eigenvalue weighted by Crippen LogP contribution is 2.38. The number of nitrogens with zero attached hydrogens (tertiary/aromatic N) is 2. The fourth-order valence-electron chi connectivity index (χ4n) is 6.66. The van der Waals surface area contributed by atoms with Crippen LogP contribution in [0, 0.1) is 0 Å². The molecule has 0 saturated heterocycles. The van der Waals surface area contributed by atoms with E-state index in [9.17, 15) is 0 Å². The Bertz CT molecular complexity index is 2340. The highest BCUT2D eigenvalue weighted by molar-refractivity contribution is 5.97. The molecule has 2 heteroatoms. The normalized spacial score (nSPS) is 11.0. The van der Waals surface area contributed by atoms with E-state index in [1.54, 1.807) is 0 Å². The second-order valence-electron chi connectivity index (χ2n) is 12.5. The molecule has 2 nitrogen and oxygen atoms in total. The first-order valence-corrected chi connectivity index (χ1v) is 18.8. The van der Waals surface area contributed by atoms with Gasteiger partial charge in [0.25, 0.3) is 0 Å². The van der Waals surface area contributed by atoms with Crippen LogP contribution in [-0.4, -0.2) is 0 Å². The van der Waals surface area contributed by atoms with E-state index in [2.05, 4.69) is 242 Å². The van der Waals surface area contributed by atoms with E-state index in [1.165, 1.54) is 21.9 Å². The third-order valence-corrected chi connectivity index (χ3v) is 9.16. The van der Waals surface area contributed by atoms with Crippen LogP contribution in [0.2, 0.25) is 0 Å². The zero-order valence-electron chi connectivity index (χ0n) is 31.7. The molecule has 0 spiro atoms. The van der Waals surface area contributed by atoms with Gasteiger partial charge < -0.3 is 9.80 Å². The Labute approximate surface area is 322 Å². The van der Waals surface area contributed by atoms with Gasteiger partial charge in [-0.25, -0.2) is 0 Å². The minimum atomic E-state index is 1.06. The molecule has 54 heavy (non-hydrogen) atoms. The summed E-state index contributed by atoms with van der Waals surface area (Å²) < 4.78 is 0. The molecule has 0 radical (unpaired) electrons. The molecule has 7 aromatic rings. The molecule has 0 aromatic heterocycles. The van der Waals surface area contributed by atoms with Gasteiger partial charge in [-0.05, 0) is 114 Å². The van der Waals surface area contributed by atoms with Crippen LogP contribution in [0.15, 0.2) is 224 Å². The smallest absolute Gasteiger partial charge is 0.0468 e. The fourth-order valence-corrected chi connectivity index (χ4v) is 6.66. The summed E-state index contributed by atoms with van der Waals surface area (Å²) in [5.74, 6) is 0. The quantitative estimate of drug-likeness (QED) is 0.138. The van der Waals surface area contributed by atoms with Gasteiger partial charge in [0.2, 0.25) is 0 Å². The number of para-hydroxylation sites is 2. The minimum absolute atomic E-state index is 1.06. The standard InChI is InChI=1S/C50H42N2.C2H6/c1-3-19-43(4-2)51(44-24-12-7-13-25-44)46-34-30-39(31-35-46)40-32-36-47(37-33-40)52(45-26-14-8-15-27-45)48-28-16-6-11-20-41-23-17-18-29-49(41)50(38-48)42-21-9-5-10-22-42;1-2/h3-38H,1-2H3;1-2H3/b11-6?,16-6?,19-3-,20-11?,28-16?,41-20?,43-4+,48-28?,48-38?,50-38?,50-49?;. The first-order chi connectivity index (χ1) is 26.7. The van der Waals surface area contributed by atoms with Gasteiger partial charge in [-0.2, -0.15) is 0 Å². The third kappa shape index (κ3) is 8.69. The van der Waals surface area contributed by atoms with E-state index in [1.807, 2.05) is 13.8 Å². The van der Waals surface area contributed by atoms with Crippen LogP contribution in [0.3, 0.4) is 0 Å². The van der Waals surface area contributed by atoms with E-state index in [0.29, 0.717) is 0 Å². The van der Waals surface area contributed by atoms with Crippen molar-refractivity contribution in [2.45, 2.75) is 27.7 Å². The van der Waals surface area contributed by atoms with Crippen LogP contribution >= 0.6 is 0 Å². The second kappa shape index (κ2) is 18.7. The maximum absolute atomic E-state index is 2.34. The van der Waals surface area contributed by atoms with E-state index >= 15 is 0 Å². The number of benzene rings is 6. The molecule has 0 N–H and O–H groups in total. The average Bonchev–Trinajstić information content (AvgIpc) is 3.25. The summed E-state index contributed by atoms with van der Waals surface area (Å²) in [4.78, 5) is 4.63. The van der Waals surface area contributed by atoms with Gasteiger partial charge in [-0.1, -0.05) is 166 Å². The average molecular weight is 701 g/mol. The number of anilines is 5. The van der Waals surface area contributed by atoms with E-state index in [0.717, 1.165) is 45.3 Å². The Hall–Kier alpha value is -6.64. The Balaban J connectivity index is 0.00000245. The molecule has 0 fully saturated rings. The topological polar surface area (TPSA) is 6.48 Å². The van der Waals surface area contributed by atoms with Crippen molar-refractivity contribution in [1.29, 1.82) is 0 Å². The largest absolute Gasteiger partial charge is 0.311 e. The van der Waals surface area contributed by atoms with E-state index in [4.69, 9.17) is 0 Å². The molecule has 0 heterocycles. The summed E-state index contributed by atoms with van der Waals surface area (Å²) in [5.41, 5.74) is 11.3. The third-order valence-electron chi connectivity index (χ3n) is 9.16. The maximum Gasteiger partial charge on any atom is 0.0468 e. The predicted octanol–water partition coefficient (Wildman–Crippen LogP) is 15.4. The Morgan fingerprint density at radius 2 is 0.833 bits per heavy atom. The van der Waals surface area contributed by atoms with Crippen molar-refractivity contribution >= 4 is 39.2 Å². The molecule has 0 aliphatic rings. The first-order valence-electron chi connectivity index (χ1n) is 18.8. The van der Waals surface area contributed by atoms with E-state index in [-0.39, 0.29) is 0 Å². The van der Waals surface area contributed by atoms with Crippen molar-refractivity contribution in [2.75, 3.05) is 9.80 Å². The zero-order valence-corrected chi connectivity index (χ0v) is 31.7. The predicted molar refractivity (Wildman–Crippen MR) is 236 cm³/mol. The first kappa shape index (κ1) is 37.1. The molecule has 266 valence electrons. The summed E-state index contributed by atoms with van der Waals surface area (Å²) in [6, 6.07) is 71.2. The van der Waals surface area contributed by atoms with Gasteiger partial charge in [0, 0.05) is 34.1 Å². The molecule has 0 aliphatic heterocycles. The SMILES string of the molecule is C/C=C\C(=C/C)N(c1ccccc1)c1ccc(-c2ccc(N(c3ccccc3)c3cccccc4ccccc4c(-c4ccccc4)c3)cc2)cc1.CC. The lowest BCUT2D eigenvalue weighted by molar-refractivity contribution is 1.20. The number of hydrogen-bond donors (Lipinski definition) is 0. The summed E-state index contributed by atoms with van der Waals surface area (Å²) in [7, 11) is 0. The summed E-state index contributed by atoms with van der Waals surface area (Å²) in [6.07, 6.45) is 6.38. The van der Waals surface area contributed by atoms with Crippen LogP contribution < -0.4 is 9.80 Å². The van der Waals surface area contributed by atoms with Crippen molar-refractivity contribution in [3.05, 3.63) is 224 Å². The zero-order chi connectivity index (χ0) is 37.5. The number of hydrogen-bond acceptors (Lipinski definition) is 2. The number of fused-ring (bicyclic) bond motifs is 1. The lowest BCUT2D eigenvalue weighted by Crippen LogP contribution is -2.14. The van der Waals surface area contributed by atoms with Crippen molar-refractivity contribution in [2.24, 2.45) is 0 Å². The molecule has 0 amide bonds. The second-order valence-corrected chi connectivity index (χ2v) is 12.5. The van der Waals surface area contributed by atoms with Gasteiger partial charge in [-0.3, -0.25) is 0 Å². The highest BCUT2D eigenvalue weighted by Gasteiger charge is 2.15. The lowest BCUT2D eigenvalue weighted by Gasteiger charge is -2.27. The van der Waals surface area contributed by atoms with Gasteiger partial charge in [0.1, 0.15) is 0 Å². The summed E-state index contributed by atoms with van der Waals surface area (Å²) in [5, 5.41) is 2.37. The summed E-state index contributed by atoms with van der Waals surface area (Å²) >= 11 is 0. The number of allylic oxidation sites excluding steroid dienone is 3. The van der Waals surface area contributed by atoms with Crippen LogP contribution in [0.1, 0.15) is 27.7 Å². The molecule has 0 saturated carbocycles. The van der Waals surface area contributed by atoms with Gasteiger partial charge in [-0.15, -0.1) is 0 Å². The maximum atomic E-state index is 2.34. The molecular weight excluding hydrogens is 653 g/mol. The summed E-state index contributed by atoms with van der Waals surface area (Å²) in [6.45, 7) is 8.14. The highest BCUT2D eigenvalue weighted by atomic mass is 15.1. The molecule has 0 aliphatic carbocycles. The minimum Gasteiger partial charge on any atom is -0.311 e. The van der Waals surface area contributed by atoms with Crippen LogP contribution in [0.25, 0.3) is 33.0 Å². The van der Waals surface area contributed by atoms with Crippen molar-refractivity contribution in [3.63, 3.8) is 0 Å². The Morgan fingerprint density at radius 1 is 0.407 bits per heavy atom.